The fourth-order valence-corrected chi connectivity index (χ4v) is 3.05. The molecular weight excluding hydrogens is 358 g/mol. The molecule has 0 fully saturated rings. The third kappa shape index (κ3) is 2.99. The van der Waals surface area contributed by atoms with Gasteiger partial charge in [-0.3, -0.25) is 9.69 Å². The van der Waals surface area contributed by atoms with Crippen LogP contribution in [-0.2, 0) is 14.3 Å². The lowest BCUT2D eigenvalue weighted by Crippen LogP contribution is -2.24. The monoisotopic (exact) mass is 373 g/mol. The third-order valence-corrected chi connectivity index (χ3v) is 4.31. The van der Waals surface area contributed by atoms with Crippen LogP contribution in [0.25, 0.3) is 6.08 Å². The van der Waals surface area contributed by atoms with Gasteiger partial charge in [-0.15, -0.1) is 0 Å². The lowest BCUT2D eigenvalue weighted by atomic mass is 10.1. The first-order chi connectivity index (χ1) is 12.5. The van der Waals surface area contributed by atoms with Crippen LogP contribution in [-0.4, -0.2) is 26.1 Å². The van der Waals surface area contributed by atoms with Crippen LogP contribution in [0.2, 0.25) is 5.02 Å². The van der Waals surface area contributed by atoms with Gasteiger partial charge in [-0.1, -0.05) is 11.6 Å². The number of carbonyl (C=O) groups excluding carboxylic acids is 2. The number of hydrogen-bond donors (Lipinski definition) is 0. The summed E-state index contributed by atoms with van der Waals surface area (Å²) in [6.45, 7) is 1.67. The Balaban J connectivity index is 2.12. The molecule has 134 valence electrons. The molecule has 0 unspecified atom stereocenters. The Bertz CT molecular complexity index is 927. The standard InChI is InChI=1S/C19H16ClNO5/c1-11-17(19(23)25-3)14(10-13-5-4-8-26-13)18(22)21(11)12-6-7-16(24-2)15(20)9-12/h4-10H,1-3H3/b14-10-. The number of esters is 1. The van der Waals surface area contributed by atoms with E-state index in [0.29, 0.717) is 27.9 Å². The summed E-state index contributed by atoms with van der Waals surface area (Å²) in [5.74, 6) is -0.0308. The number of methoxy groups -OCH3 is 2. The first-order valence-electron chi connectivity index (χ1n) is 7.70. The lowest BCUT2D eigenvalue weighted by molar-refractivity contribution is -0.136. The molecule has 0 spiro atoms. The molecule has 1 aromatic heterocycles. The van der Waals surface area contributed by atoms with E-state index in [9.17, 15) is 9.59 Å². The van der Waals surface area contributed by atoms with Crippen molar-refractivity contribution in [2.45, 2.75) is 6.92 Å². The molecule has 26 heavy (non-hydrogen) atoms. The Morgan fingerprint density at radius 2 is 2.04 bits per heavy atom. The zero-order valence-electron chi connectivity index (χ0n) is 14.4. The van der Waals surface area contributed by atoms with Crippen LogP contribution < -0.4 is 9.64 Å². The van der Waals surface area contributed by atoms with Crippen LogP contribution in [0.4, 0.5) is 5.69 Å². The molecule has 1 aliphatic heterocycles. The van der Waals surface area contributed by atoms with Gasteiger partial charge in [0.15, 0.2) is 0 Å². The van der Waals surface area contributed by atoms with Crippen LogP contribution in [0.3, 0.4) is 0 Å². The molecule has 0 radical (unpaired) electrons. The molecule has 6 nitrogen and oxygen atoms in total. The third-order valence-electron chi connectivity index (χ3n) is 4.01. The molecule has 0 saturated heterocycles. The van der Waals surface area contributed by atoms with Gasteiger partial charge in [-0.2, -0.15) is 0 Å². The highest BCUT2D eigenvalue weighted by Gasteiger charge is 2.38. The van der Waals surface area contributed by atoms with Gasteiger partial charge in [-0.05, 0) is 43.3 Å². The van der Waals surface area contributed by atoms with Gasteiger partial charge in [0.05, 0.1) is 42.3 Å². The van der Waals surface area contributed by atoms with Crippen LogP contribution in [0.5, 0.6) is 5.75 Å². The molecule has 0 N–H and O–H groups in total. The molecule has 0 saturated carbocycles. The quantitative estimate of drug-likeness (QED) is 0.602. The SMILES string of the molecule is COC(=O)C1=C(C)N(c2ccc(OC)c(Cl)c2)C(=O)/C1=C\c1ccco1. The van der Waals surface area contributed by atoms with Crippen molar-refractivity contribution in [1.82, 2.24) is 0 Å². The predicted octanol–water partition coefficient (Wildman–Crippen LogP) is 3.82. The minimum absolute atomic E-state index is 0.181. The van der Waals surface area contributed by atoms with Crippen molar-refractivity contribution < 1.29 is 23.5 Å². The second-order valence-corrected chi connectivity index (χ2v) is 5.89. The number of anilines is 1. The Morgan fingerprint density at radius 3 is 2.62 bits per heavy atom. The molecule has 2 heterocycles. The molecule has 2 aromatic rings. The van der Waals surface area contributed by atoms with Crippen molar-refractivity contribution >= 4 is 35.2 Å². The maximum Gasteiger partial charge on any atom is 0.340 e. The largest absolute Gasteiger partial charge is 0.495 e. The predicted molar refractivity (Wildman–Crippen MR) is 96.9 cm³/mol. The van der Waals surface area contributed by atoms with Gasteiger partial charge in [-0.25, -0.2) is 4.79 Å². The number of allylic oxidation sites excluding steroid dienone is 1. The summed E-state index contributed by atoms with van der Waals surface area (Å²) in [6.07, 6.45) is 3.00. The first kappa shape index (κ1) is 17.8. The molecule has 7 heteroatoms. The van der Waals surface area contributed by atoms with Crippen LogP contribution in [0.1, 0.15) is 12.7 Å². The van der Waals surface area contributed by atoms with Crippen molar-refractivity contribution in [1.29, 1.82) is 0 Å². The van der Waals surface area contributed by atoms with Crippen LogP contribution in [0, 0.1) is 0 Å². The molecule has 0 bridgehead atoms. The molecule has 0 atom stereocenters. The van der Waals surface area contributed by atoms with Gasteiger partial charge < -0.3 is 13.9 Å². The number of rotatable bonds is 4. The molecular formula is C19H16ClNO5. The minimum Gasteiger partial charge on any atom is -0.495 e. The summed E-state index contributed by atoms with van der Waals surface area (Å²) in [4.78, 5) is 26.7. The second-order valence-electron chi connectivity index (χ2n) is 5.48. The first-order valence-corrected chi connectivity index (χ1v) is 8.08. The number of nitrogens with zero attached hydrogens (tertiary/aromatic N) is 1. The van der Waals surface area contributed by atoms with Gasteiger partial charge >= 0.3 is 5.97 Å². The van der Waals surface area contributed by atoms with Gasteiger partial charge in [0.2, 0.25) is 0 Å². The maximum absolute atomic E-state index is 13.0. The summed E-state index contributed by atoms with van der Waals surface area (Å²) in [5.41, 5.74) is 1.33. The fourth-order valence-electron chi connectivity index (χ4n) is 2.80. The maximum atomic E-state index is 13.0. The van der Waals surface area contributed by atoms with Crippen LogP contribution in [0.15, 0.2) is 57.9 Å². The zero-order chi connectivity index (χ0) is 18.8. The molecule has 1 aromatic carbocycles. The molecule has 0 aliphatic carbocycles. The molecule has 1 amide bonds. The summed E-state index contributed by atoms with van der Waals surface area (Å²) < 4.78 is 15.3. The van der Waals surface area contributed by atoms with Crippen molar-refractivity contribution in [2.75, 3.05) is 19.1 Å². The van der Waals surface area contributed by atoms with Crippen molar-refractivity contribution in [3.63, 3.8) is 0 Å². The summed E-state index contributed by atoms with van der Waals surface area (Å²) >= 11 is 6.18. The van der Waals surface area contributed by atoms with E-state index in [0.717, 1.165) is 0 Å². The summed E-state index contributed by atoms with van der Waals surface area (Å²) in [5, 5.41) is 0.355. The highest BCUT2D eigenvalue weighted by atomic mass is 35.5. The van der Waals surface area contributed by atoms with E-state index in [4.69, 9.17) is 25.5 Å². The summed E-state index contributed by atoms with van der Waals surface area (Å²) in [7, 11) is 2.77. The average Bonchev–Trinajstić information content (AvgIpc) is 3.22. The van der Waals surface area contributed by atoms with Gasteiger partial charge in [0.25, 0.3) is 5.91 Å². The number of hydrogen-bond acceptors (Lipinski definition) is 5. The number of furan rings is 1. The normalized spacial score (nSPS) is 15.8. The Labute approximate surface area is 155 Å². The fraction of sp³-hybridized carbons (Fsp3) is 0.158. The lowest BCUT2D eigenvalue weighted by Gasteiger charge is -2.18. The highest BCUT2D eigenvalue weighted by Crippen LogP contribution is 2.38. The van der Waals surface area contributed by atoms with E-state index in [-0.39, 0.29) is 17.1 Å². The van der Waals surface area contributed by atoms with E-state index < -0.39 is 5.97 Å². The number of carbonyl (C=O) groups is 2. The van der Waals surface area contributed by atoms with E-state index >= 15 is 0 Å². The number of benzene rings is 1. The number of ether oxygens (including phenoxy) is 2. The van der Waals surface area contributed by atoms with E-state index in [1.807, 2.05) is 0 Å². The number of halogens is 1. The van der Waals surface area contributed by atoms with Gasteiger partial charge in [0.1, 0.15) is 11.5 Å². The zero-order valence-corrected chi connectivity index (χ0v) is 15.2. The van der Waals surface area contributed by atoms with Crippen molar-refractivity contribution in [3.8, 4) is 5.75 Å². The van der Waals surface area contributed by atoms with E-state index in [1.54, 1.807) is 37.3 Å². The van der Waals surface area contributed by atoms with Crippen LogP contribution >= 0.6 is 11.6 Å². The van der Waals surface area contributed by atoms with Crippen molar-refractivity contribution in [2.24, 2.45) is 0 Å². The average molecular weight is 374 g/mol. The van der Waals surface area contributed by atoms with E-state index in [1.165, 1.54) is 31.5 Å². The second kappa shape index (κ2) is 7.09. The Morgan fingerprint density at radius 1 is 1.27 bits per heavy atom. The Hall–Kier alpha value is -2.99. The highest BCUT2D eigenvalue weighted by molar-refractivity contribution is 6.32. The summed E-state index contributed by atoms with van der Waals surface area (Å²) in [6, 6.07) is 8.34. The molecule has 1 aliphatic rings. The van der Waals surface area contributed by atoms with E-state index in [2.05, 4.69) is 0 Å². The van der Waals surface area contributed by atoms with Gasteiger partial charge in [0, 0.05) is 5.70 Å². The number of amides is 1. The Kier molecular flexibility index (Phi) is 4.86. The van der Waals surface area contributed by atoms with Crippen molar-refractivity contribution in [3.05, 3.63) is 64.2 Å². The molecule has 3 rings (SSSR count). The minimum atomic E-state index is -0.601. The smallest absolute Gasteiger partial charge is 0.340 e. The topological polar surface area (TPSA) is 69.0 Å².